The van der Waals surface area contributed by atoms with E-state index in [2.05, 4.69) is 21.7 Å². The van der Waals surface area contributed by atoms with Gasteiger partial charge in [-0.1, -0.05) is 49.0 Å². The van der Waals surface area contributed by atoms with Crippen LogP contribution in [0.15, 0.2) is 75.3 Å². The van der Waals surface area contributed by atoms with Gasteiger partial charge in [-0.15, -0.1) is 0 Å². The van der Waals surface area contributed by atoms with E-state index in [4.69, 9.17) is 4.42 Å². The Bertz CT molecular complexity index is 1170. The van der Waals surface area contributed by atoms with Crippen molar-refractivity contribution in [3.05, 3.63) is 88.0 Å². The highest BCUT2D eigenvalue weighted by Crippen LogP contribution is 2.30. The number of rotatable bonds is 6. The minimum Gasteiger partial charge on any atom is -0.508 e. The van der Waals surface area contributed by atoms with Crippen LogP contribution in [-0.2, 0) is 18.7 Å². The zero-order chi connectivity index (χ0) is 19.5. The van der Waals surface area contributed by atoms with Gasteiger partial charge in [-0.05, 0) is 29.2 Å². The maximum absolute atomic E-state index is 12.0. The second-order valence-electron chi connectivity index (χ2n) is 6.53. The highest BCUT2D eigenvalue weighted by Gasteiger charge is 2.12. The molecular formula is C22H20N2O3S. The molecule has 0 bridgehead atoms. The Morgan fingerprint density at radius 2 is 1.96 bits per heavy atom. The number of aromatic nitrogens is 2. The average molecular weight is 392 g/mol. The normalized spacial score (nSPS) is 11.2. The molecule has 0 aliphatic rings. The van der Waals surface area contributed by atoms with Crippen molar-refractivity contribution in [3.63, 3.8) is 0 Å². The first-order chi connectivity index (χ1) is 13.6. The van der Waals surface area contributed by atoms with Crippen LogP contribution in [0.2, 0.25) is 0 Å². The lowest BCUT2D eigenvalue weighted by Gasteiger charge is -2.10. The molecule has 0 radical (unpaired) electrons. The maximum atomic E-state index is 12.0. The number of phenolic OH excluding ortho intramolecular Hbond substituents is 1. The summed E-state index contributed by atoms with van der Waals surface area (Å²) in [7, 11) is 0. The van der Waals surface area contributed by atoms with E-state index in [-0.39, 0.29) is 5.75 Å². The van der Waals surface area contributed by atoms with Gasteiger partial charge >= 0.3 is 5.63 Å². The zero-order valence-electron chi connectivity index (χ0n) is 15.5. The van der Waals surface area contributed by atoms with Gasteiger partial charge in [0.1, 0.15) is 11.3 Å². The van der Waals surface area contributed by atoms with E-state index in [1.165, 1.54) is 17.7 Å². The number of imidazole rings is 1. The zero-order valence-corrected chi connectivity index (χ0v) is 16.3. The highest BCUT2D eigenvalue weighted by molar-refractivity contribution is 7.98. The van der Waals surface area contributed by atoms with Gasteiger partial charge in [0.25, 0.3) is 0 Å². The van der Waals surface area contributed by atoms with Gasteiger partial charge in [0.15, 0.2) is 5.16 Å². The summed E-state index contributed by atoms with van der Waals surface area (Å²) in [5.41, 5.74) is 2.90. The summed E-state index contributed by atoms with van der Waals surface area (Å²) in [4.78, 5) is 16.4. The summed E-state index contributed by atoms with van der Waals surface area (Å²) < 4.78 is 7.37. The van der Waals surface area contributed by atoms with Crippen LogP contribution in [0.4, 0.5) is 0 Å². The van der Waals surface area contributed by atoms with Crippen LogP contribution in [0.5, 0.6) is 5.75 Å². The molecule has 2 heterocycles. The molecule has 2 aromatic heterocycles. The number of thioether (sulfide) groups is 1. The van der Waals surface area contributed by atoms with Crippen molar-refractivity contribution in [1.29, 1.82) is 0 Å². The van der Waals surface area contributed by atoms with E-state index < -0.39 is 5.63 Å². The number of fused-ring (bicyclic) bond motifs is 1. The fourth-order valence-corrected chi connectivity index (χ4v) is 4.14. The van der Waals surface area contributed by atoms with E-state index in [0.717, 1.165) is 28.2 Å². The molecule has 0 unspecified atom stereocenters. The quantitative estimate of drug-likeness (QED) is 0.384. The monoisotopic (exact) mass is 392 g/mol. The lowest BCUT2D eigenvalue weighted by Crippen LogP contribution is -2.02. The molecule has 5 nitrogen and oxygen atoms in total. The molecule has 2 aromatic carbocycles. The summed E-state index contributed by atoms with van der Waals surface area (Å²) in [6.07, 6.45) is 4.45. The van der Waals surface area contributed by atoms with Crippen LogP contribution in [0.1, 0.15) is 23.6 Å². The Morgan fingerprint density at radius 3 is 2.75 bits per heavy atom. The molecule has 4 aromatic rings. The molecule has 0 saturated carbocycles. The summed E-state index contributed by atoms with van der Waals surface area (Å²) in [5.74, 6) is 0.739. The van der Waals surface area contributed by atoms with Crippen molar-refractivity contribution in [1.82, 2.24) is 9.55 Å². The molecule has 0 fully saturated rings. The molecule has 0 atom stereocenters. The first-order valence-corrected chi connectivity index (χ1v) is 10.1. The lowest BCUT2D eigenvalue weighted by atomic mass is 10.1. The summed E-state index contributed by atoms with van der Waals surface area (Å²) >= 11 is 1.58. The van der Waals surface area contributed by atoms with Gasteiger partial charge in [-0.25, -0.2) is 9.78 Å². The van der Waals surface area contributed by atoms with Gasteiger partial charge in [-0.2, -0.15) is 0 Å². The van der Waals surface area contributed by atoms with Gasteiger partial charge in [0.2, 0.25) is 0 Å². The minimum absolute atomic E-state index is 0.154. The van der Waals surface area contributed by atoms with Crippen molar-refractivity contribution < 1.29 is 9.52 Å². The van der Waals surface area contributed by atoms with Crippen LogP contribution in [0.25, 0.3) is 11.0 Å². The number of benzene rings is 2. The Kier molecular flexibility index (Phi) is 5.21. The van der Waals surface area contributed by atoms with Crippen molar-refractivity contribution in [3.8, 4) is 5.75 Å². The van der Waals surface area contributed by atoms with Crippen molar-refractivity contribution >= 4 is 22.7 Å². The Labute approximate surface area is 166 Å². The number of phenols is 1. The molecule has 6 heteroatoms. The predicted octanol–water partition coefficient (Wildman–Crippen LogP) is 4.60. The Balaban J connectivity index is 1.61. The summed E-state index contributed by atoms with van der Waals surface area (Å²) in [6, 6.07) is 15.2. The van der Waals surface area contributed by atoms with Crippen molar-refractivity contribution in [2.75, 3.05) is 0 Å². The lowest BCUT2D eigenvalue weighted by molar-refractivity contribution is 0.466. The minimum atomic E-state index is -0.417. The van der Waals surface area contributed by atoms with Gasteiger partial charge in [-0.3, -0.25) is 0 Å². The fraction of sp³-hybridized carbons (Fsp3) is 0.182. The van der Waals surface area contributed by atoms with E-state index in [1.54, 1.807) is 18.0 Å². The van der Waals surface area contributed by atoms with Crippen LogP contribution in [0.3, 0.4) is 0 Å². The average Bonchev–Trinajstić information content (AvgIpc) is 3.13. The topological polar surface area (TPSA) is 68.3 Å². The smallest absolute Gasteiger partial charge is 0.336 e. The first kappa shape index (κ1) is 18.4. The predicted molar refractivity (Wildman–Crippen MR) is 111 cm³/mol. The summed E-state index contributed by atoms with van der Waals surface area (Å²) in [6.45, 7) is 2.73. The second kappa shape index (κ2) is 7.94. The standard InChI is InChI=1S/C22H20N2O3S/c1-2-16-10-18-17(11-21(26)27-20(18)12-19(16)25)14-28-22-23-8-9-24(22)13-15-6-4-3-5-7-15/h3-12,25H,2,13-14H2,1H3. The number of nitrogens with zero attached hydrogens (tertiary/aromatic N) is 2. The van der Waals surface area contributed by atoms with Crippen LogP contribution >= 0.6 is 11.8 Å². The molecular weight excluding hydrogens is 372 g/mol. The van der Waals surface area contributed by atoms with E-state index >= 15 is 0 Å². The second-order valence-corrected chi connectivity index (χ2v) is 7.48. The Hall–Kier alpha value is -2.99. The van der Waals surface area contributed by atoms with Crippen LogP contribution < -0.4 is 5.63 Å². The third kappa shape index (κ3) is 3.82. The van der Waals surface area contributed by atoms with Gasteiger partial charge in [0.05, 0.1) is 0 Å². The molecule has 142 valence electrons. The third-order valence-corrected chi connectivity index (χ3v) is 5.69. The van der Waals surface area contributed by atoms with Gasteiger partial charge in [0, 0.05) is 42.2 Å². The largest absolute Gasteiger partial charge is 0.508 e. The Morgan fingerprint density at radius 1 is 1.14 bits per heavy atom. The first-order valence-electron chi connectivity index (χ1n) is 9.10. The maximum Gasteiger partial charge on any atom is 0.336 e. The van der Waals surface area contributed by atoms with E-state index in [0.29, 0.717) is 17.8 Å². The molecule has 0 amide bonds. The number of aromatic hydroxyl groups is 1. The fourth-order valence-electron chi connectivity index (χ4n) is 3.19. The SMILES string of the molecule is CCc1cc2c(CSc3nccn3Cc3ccccc3)cc(=O)oc2cc1O. The molecule has 0 saturated heterocycles. The summed E-state index contributed by atoms with van der Waals surface area (Å²) in [5, 5.41) is 11.8. The molecule has 4 rings (SSSR count). The molecule has 1 N–H and O–H groups in total. The van der Waals surface area contributed by atoms with E-state index in [1.807, 2.05) is 37.4 Å². The van der Waals surface area contributed by atoms with Crippen molar-refractivity contribution in [2.24, 2.45) is 0 Å². The molecule has 0 spiro atoms. The highest BCUT2D eigenvalue weighted by atomic mass is 32.2. The molecule has 0 aliphatic heterocycles. The molecule has 0 aliphatic carbocycles. The third-order valence-electron chi connectivity index (χ3n) is 4.64. The van der Waals surface area contributed by atoms with Crippen LogP contribution in [-0.4, -0.2) is 14.7 Å². The molecule has 28 heavy (non-hydrogen) atoms. The van der Waals surface area contributed by atoms with Gasteiger partial charge < -0.3 is 14.1 Å². The number of hydrogen-bond acceptors (Lipinski definition) is 5. The van der Waals surface area contributed by atoms with E-state index in [9.17, 15) is 9.90 Å². The number of aryl methyl sites for hydroxylation is 1. The van der Waals surface area contributed by atoms with Crippen LogP contribution in [0, 0.1) is 0 Å². The number of hydrogen-bond donors (Lipinski definition) is 1. The van der Waals surface area contributed by atoms with Crippen molar-refractivity contribution in [2.45, 2.75) is 30.8 Å².